The van der Waals surface area contributed by atoms with Crippen molar-refractivity contribution in [1.29, 1.82) is 0 Å². The number of ether oxygens (including phenoxy) is 3. The van der Waals surface area contributed by atoms with Gasteiger partial charge in [-0.1, -0.05) is 13.8 Å². The second-order valence-corrected chi connectivity index (χ2v) is 11.4. The number of aliphatic hydroxyl groups is 2. The third-order valence-electron chi connectivity index (χ3n) is 8.45. The standard InChI is InChI=1S/C26H42O8/c1-7-8-20(30)34-26(6)12-10-19-24(4,31)13-18(29)22-21(23(26)32-19)17(15(2)14-27)9-11-25(22,5)33-16(3)28/h15,17,19,21-23,27,31H,7-14H2,1-6H3/t15-,17+,19+,21+,22+,23+,24-,25+,26+/m0/s1. The maximum Gasteiger partial charge on any atom is 0.306 e. The molecule has 0 amide bonds. The van der Waals surface area contributed by atoms with E-state index in [4.69, 9.17) is 14.2 Å². The molecule has 9 atom stereocenters. The van der Waals surface area contributed by atoms with Gasteiger partial charge in [-0.2, -0.15) is 0 Å². The number of esters is 2. The summed E-state index contributed by atoms with van der Waals surface area (Å²) in [6.45, 7) is 10.3. The molecule has 0 spiro atoms. The Bertz CT molecular complexity index is 794. The van der Waals surface area contributed by atoms with Gasteiger partial charge >= 0.3 is 11.9 Å². The van der Waals surface area contributed by atoms with Crippen LogP contribution in [0.5, 0.6) is 0 Å². The van der Waals surface area contributed by atoms with Gasteiger partial charge in [0.2, 0.25) is 0 Å². The van der Waals surface area contributed by atoms with Crippen LogP contribution in [0.2, 0.25) is 0 Å². The second kappa shape index (κ2) is 9.86. The van der Waals surface area contributed by atoms with Crippen LogP contribution in [0.15, 0.2) is 0 Å². The summed E-state index contributed by atoms with van der Waals surface area (Å²) in [4.78, 5) is 38.6. The lowest BCUT2D eigenvalue weighted by Gasteiger charge is -2.58. The molecule has 8 heteroatoms. The fourth-order valence-corrected chi connectivity index (χ4v) is 6.76. The summed E-state index contributed by atoms with van der Waals surface area (Å²) in [6.07, 6.45) is 1.54. The molecule has 0 unspecified atom stereocenters. The molecule has 3 fully saturated rings. The van der Waals surface area contributed by atoms with Crippen molar-refractivity contribution in [3.63, 3.8) is 0 Å². The predicted molar refractivity (Wildman–Crippen MR) is 124 cm³/mol. The Morgan fingerprint density at radius 1 is 1.15 bits per heavy atom. The largest absolute Gasteiger partial charge is 0.459 e. The minimum Gasteiger partial charge on any atom is -0.459 e. The first-order chi connectivity index (χ1) is 15.8. The van der Waals surface area contributed by atoms with Crippen molar-refractivity contribution in [1.82, 2.24) is 0 Å². The average molecular weight is 483 g/mol. The summed E-state index contributed by atoms with van der Waals surface area (Å²) >= 11 is 0. The van der Waals surface area contributed by atoms with E-state index in [9.17, 15) is 24.6 Å². The number of aliphatic hydroxyl groups excluding tert-OH is 1. The molecule has 0 aromatic heterocycles. The van der Waals surface area contributed by atoms with Gasteiger partial charge in [0.25, 0.3) is 0 Å². The highest BCUT2D eigenvalue weighted by Crippen LogP contribution is 2.55. The van der Waals surface area contributed by atoms with Crippen molar-refractivity contribution in [3.05, 3.63) is 0 Å². The molecule has 3 rings (SSSR count). The molecule has 8 nitrogen and oxygen atoms in total. The second-order valence-electron chi connectivity index (χ2n) is 11.4. The number of hydrogen-bond acceptors (Lipinski definition) is 8. The molecule has 2 N–H and O–H groups in total. The molecular formula is C26H42O8. The van der Waals surface area contributed by atoms with Crippen molar-refractivity contribution in [2.24, 2.45) is 23.7 Å². The van der Waals surface area contributed by atoms with E-state index in [0.717, 1.165) is 0 Å². The number of Topliss-reactive ketones (excluding diaryl/α,β-unsaturated/α-hetero) is 1. The number of rotatable bonds is 6. The molecular weight excluding hydrogens is 440 g/mol. The van der Waals surface area contributed by atoms with Crippen LogP contribution in [0, 0.1) is 23.7 Å². The van der Waals surface area contributed by atoms with Crippen LogP contribution in [0.3, 0.4) is 0 Å². The Morgan fingerprint density at radius 2 is 1.79 bits per heavy atom. The van der Waals surface area contributed by atoms with Crippen LogP contribution in [-0.4, -0.2) is 63.6 Å². The van der Waals surface area contributed by atoms with E-state index in [-0.39, 0.29) is 43.0 Å². The first-order valence-corrected chi connectivity index (χ1v) is 12.7. The van der Waals surface area contributed by atoms with Gasteiger partial charge in [-0.25, -0.2) is 0 Å². The molecule has 3 aliphatic rings. The van der Waals surface area contributed by atoms with Crippen LogP contribution in [-0.2, 0) is 28.6 Å². The van der Waals surface area contributed by atoms with Gasteiger partial charge < -0.3 is 24.4 Å². The SMILES string of the molecule is CCCC(=O)O[C@]1(C)CC[C@H]2O[C@@H]1[C@@H]1[C@@H]([C@@H](C)CO)CC[C@@](C)(OC(C)=O)[C@@H]1C(=O)C[C@]2(C)O. The monoisotopic (exact) mass is 482 g/mol. The quantitative estimate of drug-likeness (QED) is 0.555. The topological polar surface area (TPSA) is 119 Å². The third kappa shape index (κ3) is 5.05. The van der Waals surface area contributed by atoms with Gasteiger partial charge in [0.15, 0.2) is 0 Å². The Morgan fingerprint density at radius 3 is 2.38 bits per heavy atom. The molecule has 1 saturated carbocycles. The zero-order chi connectivity index (χ0) is 25.5. The van der Waals surface area contributed by atoms with Crippen LogP contribution < -0.4 is 0 Å². The maximum atomic E-state index is 13.9. The number of fused-ring (bicyclic) bond motifs is 4. The highest BCUT2D eigenvalue weighted by molar-refractivity contribution is 5.84. The molecule has 2 bridgehead atoms. The van der Waals surface area contributed by atoms with E-state index in [0.29, 0.717) is 32.1 Å². The van der Waals surface area contributed by atoms with Gasteiger partial charge in [0, 0.05) is 32.3 Å². The number of carbonyl (C=O) groups excluding carboxylic acids is 3. The molecule has 1 aliphatic carbocycles. The lowest BCUT2D eigenvalue weighted by molar-refractivity contribution is -0.270. The van der Waals surface area contributed by atoms with E-state index in [1.807, 2.05) is 20.8 Å². The van der Waals surface area contributed by atoms with Crippen molar-refractivity contribution in [3.8, 4) is 0 Å². The fraction of sp³-hybridized carbons (Fsp3) is 0.885. The Balaban J connectivity index is 2.16. The highest BCUT2D eigenvalue weighted by Gasteiger charge is 2.63. The number of hydrogen-bond donors (Lipinski definition) is 2. The van der Waals surface area contributed by atoms with E-state index in [2.05, 4.69) is 0 Å². The normalized spacial score (nSPS) is 43.2. The van der Waals surface area contributed by atoms with Crippen molar-refractivity contribution in [2.45, 2.75) is 115 Å². The zero-order valence-corrected chi connectivity index (χ0v) is 21.5. The van der Waals surface area contributed by atoms with E-state index in [1.54, 1.807) is 13.8 Å². The van der Waals surface area contributed by atoms with Crippen molar-refractivity contribution < 1.29 is 38.8 Å². The fourth-order valence-electron chi connectivity index (χ4n) is 6.76. The smallest absolute Gasteiger partial charge is 0.306 e. The highest BCUT2D eigenvalue weighted by atomic mass is 16.6. The van der Waals surface area contributed by atoms with Gasteiger partial charge in [-0.05, 0) is 64.7 Å². The average Bonchev–Trinajstić information content (AvgIpc) is 2.71. The minimum atomic E-state index is -1.40. The van der Waals surface area contributed by atoms with Crippen molar-refractivity contribution >= 4 is 17.7 Å². The Labute approximate surface area is 202 Å². The summed E-state index contributed by atoms with van der Waals surface area (Å²) in [5, 5.41) is 21.3. The molecule has 2 heterocycles. The summed E-state index contributed by atoms with van der Waals surface area (Å²) in [6, 6.07) is 0. The van der Waals surface area contributed by atoms with E-state index in [1.165, 1.54) is 6.92 Å². The number of carbonyl (C=O) groups is 3. The summed E-state index contributed by atoms with van der Waals surface area (Å²) in [5.41, 5.74) is -3.50. The molecule has 34 heavy (non-hydrogen) atoms. The molecule has 2 aliphatic heterocycles. The lowest BCUT2D eigenvalue weighted by atomic mass is 9.54. The van der Waals surface area contributed by atoms with Crippen LogP contribution in [0.4, 0.5) is 0 Å². The van der Waals surface area contributed by atoms with Crippen LogP contribution in [0.25, 0.3) is 0 Å². The summed E-state index contributed by atoms with van der Waals surface area (Å²) in [7, 11) is 0. The van der Waals surface area contributed by atoms with E-state index >= 15 is 0 Å². The van der Waals surface area contributed by atoms with Gasteiger partial charge in [-0.15, -0.1) is 0 Å². The van der Waals surface area contributed by atoms with Gasteiger partial charge in [0.1, 0.15) is 23.1 Å². The Kier molecular flexibility index (Phi) is 7.85. The van der Waals surface area contributed by atoms with Gasteiger partial charge in [-0.3, -0.25) is 14.4 Å². The summed E-state index contributed by atoms with van der Waals surface area (Å²) in [5.74, 6) is -2.45. The molecule has 0 aromatic carbocycles. The zero-order valence-electron chi connectivity index (χ0n) is 21.5. The minimum absolute atomic E-state index is 0.0629. The first kappa shape index (κ1) is 27.1. The molecule has 2 saturated heterocycles. The molecule has 0 aromatic rings. The first-order valence-electron chi connectivity index (χ1n) is 12.7. The molecule has 0 radical (unpaired) electrons. The van der Waals surface area contributed by atoms with E-state index < -0.39 is 46.8 Å². The third-order valence-corrected chi connectivity index (χ3v) is 8.45. The lowest BCUT2D eigenvalue weighted by Crippen LogP contribution is -2.67. The maximum absolute atomic E-state index is 13.9. The van der Waals surface area contributed by atoms with Crippen LogP contribution in [0.1, 0.15) is 86.5 Å². The Hall–Kier alpha value is -1.51. The predicted octanol–water partition coefficient (Wildman–Crippen LogP) is 2.95. The van der Waals surface area contributed by atoms with Crippen molar-refractivity contribution in [2.75, 3.05) is 6.61 Å². The van der Waals surface area contributed by atoms with Crippen LogP contribution >= 0.6 is 0 Å². The van der Waals surface area contributed by atoms with Gasteiger partial charge in [0.05, 0.1) is 17.6 Å². The summed E-state index contributed by atoms with van der Waals surface area (Å²) < 4.78 is 18.4. The molecule has 194 valence electrons. The number of ketones is 1.